The molecule has 0 atom stereocenters. The minimum Gasteiger partial charge on any atom is -0.454 e. The molecule has 0 radical (unpaired) electrons. The number of aromatic nitrogens is 1. The Morgan fingerprint density at radius 1 is 1.06 bits per heavy atom. The van der Waals surface area contributed by atoms with Gasteiger partial charge in [-0.05, 0) is 42.3 Å². The van der Waals surface area contributed by atoms with Gasteiger partial charge >= 0.3 is 0 Å². The van der Waals surface area contributed by atoms with Gasteiger partial charge in [-0.15, -0.1) is 0 Å². The molecule has 0 amide bonds. The molecule has 160 valence electrons. The molecule has 1 heterocycles. The lowest BCUT2D eigenvalue weighted by molar-refractivity contribution is 0.439. The summed E-state index contributed by atoms with van der Waals surface area (Å²) in [5, 5.41) is 0. The average molecular weight is 442 g/mol. The maximum absolute atomic E-state index is 14.2. The van der Waals surface area contributed by atoms with E-state index in [1.54, 1.807) is 31.4 Å². The fraction of sp³-hybridized carbons (Fsp3) is 0.174. The average Bonchev–Trinajstić information content (AvgIpc) is 3.17. The smallest absolute Gasteiger partial charge is 0.254 e. The first kappa shape index (κ1) is 21.0. The number of rotatable bonds is 4. The molecule has 5 nitrogen and oxygen atoms in total. The van der Waals surface area contributed by atoms with E-state index in [1.165, 1.54) is 23.1 Å². The van der Waals surface area contributed by atoms with Crippen molar-refractivity contribution in [2.45, 2.75) is 6.42 Å². The van der Waals surface area contributed by atoms with Gasteiger partial charge in [-0.3, -0.25) is 4.79 Å². The zero-order valence-electron chi connectivity index (χ0n) is 17.2. The minimum absolute atomic E-state index is 0.0956. The zero-order chi connectivity index (χ0) is 22.3. The summed E-state index contributed by atoms with van der Waals surface area (Å²) in [6, 6.07) is 7.97. The molecule has 0 aliphatic heterocycles. The quantitative estimate of drug-likeness (QED) is 0.568. The maximum Gasteiger partial charge on any atom is 0.254 e. The van der Waals surface area contributed by atoms with Crippen LogP contribution in [-0.2, 0) is 23.2 Å². The van der Waals surface area contributed by atoms with Crippen molar-refractivity contribution in [1.82, 2.24) is 4.57 Å². The molecule has 1 aliphatic carbocycles. The fourth-order valence-corrected chi connectivity index (χ4v) is 4.14. The topological polar surface area (TPSA) is 60.7 Å². The standard InChI is InChI=1S/C23H20F2N2O3S/c1-27-13-19(16-5-4-6-17(16)23(27)28)18-12-15(26-31(2,3)29)8-10-21(18)30-22-9-7-14(24)11-20(22)25/h4-5,7-13H,6H2,1-3H3. The van der Waals surface area contributed by atoms with Crippen molar-refractivity contribution in [3.8, 4) is 22.6 Å². The summed E-state index contributed by atoms with van der Waals surface area (Å²) < 4.78 is 51.3. The number of allylic oxidation sites excluding steroid dienone is 1. The van der Waals surface area contributed by atoms with Crippen LogP contribution in [0.15, 0.2) is 57.8 Å². The highest BCUT2D eigenvalue weighted by Crippen LogP contribution is 2.40. The molecule has 0 unspecified atom stereocenters. The second-order valence-electron chi connectivity index (χ2n) is 7.59. The van der Waals surface area contributed by atoms with Crippen molar-refractivity contribution < 1.29 is 17.7 Å². The Morgan fingerprint density at radius 3 is 2.52 bits per heavy atom. The molecule has 1 aromatic heterocycles. The van der Waals surface area contributed by atoms with Gasteiger partial charge in [-0.1, -0.05) is 12.2 Å². The first-order valence-electron chi connectivity index (χ1n) is 9.46. The van der Waals surface area contributed by atoms with E-state index in [0.717, 1.165) is 17.7 Å². The first-order valence-corrected chi connectivity index (χ1v) is 11.8. The van der Waals surface area contributed by atoms with Crippen LogP contribution in [0.25, 0.3) is 17.2 Å². The molecule has 0 saturated heterocycles. The molecule has 8 heteroatoms. The Morgan fingerprint density at radius 2 is 1.81 bits per heavy atom. The first-order chi connectivity index (χ1) is 14.6. The number of halogens is 2. The molecule has 31 heavy (non-hydrogen) atoms. The van der Waals surface area contributed by atoms with Crippen molar-refractivity contribution in [3.05, 3.63) is 81.8 Å². The van der Waals surface area contributed by atoms with E-state index in [9.17, 15) is 17.8 Å². The van der Waals surface area contributed by atoms with E-state index in [-0.39, 0.29) is 11.3 Å². The Hall–Kier alpha value is -3.26. The lowest BCUT2D eigenvalue weighted by atomic mass is 9.98. The molecule has 4 rings (SSSR count). The van der Waals surface area contributed by atoms with E-state index in [0.29, 0.717) is 34.5 Å². The number of pyridine rings is 1. The van der Waals surface area contributed by atoms with Gasteiger partial charge in [-0.2, -0.15) is 4.36 Å². The van der Waals surface area contributed by atoms with E-state index < -0.39 is 21.4 Å². The van der Waals surface area contributed by atoms with E-state index >= 15 is 0 Å². The molecule has 0 N–H and O–H groups in total. The van der Waals surface area contributed by atoms with Gasteiger partial charge in [0, 0.05) is 58.2 Å². The second-order valence-corrected chi connectivity index (χ2v) is 10.1. The van der Waals surface area contributed by atoms with Crippen LogP contribution >= 0.6 is 0 Å². The summed E-state index contributed by atoms with van der Waals surface area (Å²) in [5.74, 6) is -1.39. The highest BCUT2D eigenvalue weighted by atomic mass is 32.2. The number of aryl methyl sites for hydroxylation is 1. The number of ether oxygens (including phenoxy) is 1. The Balaban J connectivity index is 1.95. The molecule has 0 saturated carbocycles. The van der Waals surface area contributed by atoms with Crippen molar-refractivity contribution in [2.75, 3.05) is 12.5 Å². The maximum atomic E-state index is 14.2. The Labute approximate surface area is 178 Å². The van der Waals surface area contributed by atoms with Gasteiger partial charge in [0.25, 0.3) is 5.56 Å². The van der Waals surface area contributed by atoms with Crippen LogP contribution in [0.1, 0.15) is 11.1 Å². The van der Waals surface area contributed by atoms with Crippen molar-refractivity contribution in [1.29, 1.82) is 0 Å². The van der Waals surface area contributed by atoms with Crippen LogP contribution in [0.3, 0.4) is 0 Å². The Kier molecular flexibility index (Phi) is 5.26. The second kappa shape index (κ2) is 7.77. The van der Waals surface area contributed by atoms with Gasteiger partial charge in [0.2, 0.25) is 0 Å². The molecule has 0 bridgehead atoms. The summed E-state index contributed by atoms with van der Waals surface area (Å²) in [5.41, 5.74) is 3.00. The summed E-state index contributed by atoms with van der Waals surface area (Å²) in [6.45, 7) is 0. The molecule has 2 aromatic carbocycles. The van der Waals surface area contributed by atoms with E-state index in [4.69, 9.17) is 4.74 Å². The minimum atomic E-state index is -2.42. The summed E-state index contributed by atoms with van der Waals surface area (Å²) >= 11 is 0. The van der Waals surface area contributed by atoms with Gasteiger partial charge in [0.05, 0.1) is 5.69 Å². The number of benzene rings is 2. The van der Waals surface area contributed by atoms with Gasteiger partial charge in [0.1, 0.15) is 11.6 Å². The largest absolute Gasteiger partial charge is 0.454 e. The van der Waals surface area contributed by atoms with E-state index in [1.807, 2.05) is 12.2 Å². The number of hydrogen-bond acceptors (Lipinski definition) is 4. The monoisotopic (exact) mass is 442 g/mol. The van der Waals surface area contributed by atoms with Crippen LogP contribution in [0, 0.1) is 11.6 Å². The van der Waals surface area contributed by atoms with Gasteiger partial charge in [-0.25, -0.2) is 13.0 Å². The molecule has 0 fully saturated rings. The third-order valence-electron chi connectivity index (χ3n) is 4.82. The predicted molar refractivity (Wildman–Crippen MR) is 118 cm³/mol. The summed E-state index contributed by atoms with van der Waals surface area (Å²) in [4.78, 5) is 12.5. The Bertz CT molecular complexity index is 1410. The summed E-state index contributed by atoms with van der Waals surface area (Å²) in [6.07, 6.45) is 9.00. The third kappa shape index (κ3) is 4.29. The highest BCUT2D eigenvalue weighted by Gasteiger charge is 2.20. The number of nitrogens with zero attached hydrogens (tertiary/aromatic N) is 2. The zero-order valence-corrected chi connectivity index (χ0v) is 18.0. The summed E-state index contributed by atoms with van der Waals surface area (Å²) in [7, 11) is -0.766. The van der Waals surface area contributed by atoms with Crippen molar-refractivity contribution >= 4 is 21.5 Å². The van der Waals surface area contributed by atoms with Crippen LogP contribution < -0.4 is 10.3 Å². The molecular formula is C23H20F2N2O3S. The molecular weight excluding hydrogens is 422 g/mol. The van der Waals surface area contributed by atoms with Crippen LogP contribution in [0.4, 0.5) is 14.5 Å². The van der Waals surface area contributed by atoms with Crippen molar-refractivity contribution in [3.63, 3.8) is 0 Å². The number of hydrogen-bond donors (Lipinski definition) is 0. The fourth-order valence-electron chi connectivity index (χ4n) is 3.51. The van der Waals surface area contributed by atoms with Crippen LogP contribution in [0.2, 0.25) is 0 Å². The van der Waals surface area contributed by atoms with Crippen LogP contribution in [0.5, 0.6) is 11.5 Å². The molecule has 0 spiro atoms. The molecule has 1 aliphatic rings. The van der Waals surface area contributed by atoms with E-state index in [2.05, 4.69) is 4.36 Å². The normalized spacial score (nSPS) is 12.7. The molecule has 3 aromatic rings. The SMILES string of the molecule is Cn1cc(-c2cc(N=S(C)(C)=O)ccc2Oc2ccc(F)cc2F)c2c(c1=O)CC=C2. The van der Waals surface area contributed by atoms with Crippen molar-refractivity contribution in [2.24, 2.45) is 11.4 Å². The lowest BCUT2D eigenvalue weighted by Gasteiger charge is -2.16. The predicted octanol–water partition coefficient (Wildman–Crippen LogP) is 5.05. The van der Waals surface area contributed by atoms with Gasteiger partial charge < -0.3 is 9.30 Å². The highest BCUT2D eigenvalue weighted by molar-refractivity contribution is 7.92. The third-order valence-corrected chi connectivity index (χ3v) is 5.47. The van der Waals surface area contributed by atoms with Crippen LogP contribution in [-0.4, -0.2) is 21.3 Å². The lowest BCUT2D eigenvalue weighted by Crippen LogP contribution is -2.21. The van der Waals surface area contributed by atoms with Gasteiger partial charge in [0.15, 0.2) is 11.6 Å². The number of fused-ring (bicyclic) bond motifs is 1.